The second-order valence-corrected chi connectivity index (χ2v) is 10.7. The minimum Gasteiger partial charge on any atom is -0.487 e. The molecule has 3 aromatic carbocycles. The molecule has 1 unspecified atom stereocenters. The molecule has 5 rings (SSSR count). The minimum atomic E-state index is -0.958. The Labute approximate surface area is 233 Å². The van der Waals surface area contributed by atoms with E-state index in [4.69, 9.17) is 20.5 Å². The van der Waals surface area contributed by atoms with Gasteiger partial charge in [0, 0.05) is 17.8 Å². The fraction of sp³-hybridized carbons (Fsp3) is 0.172. The first kappa shape index (κ1) is 27.1. The van der Waals surface area contributed by atoms with Gasteiger partial charge in [0.05, 0.1) is 24.6 Å². The minimum absolute atomic E-state index is 0.00645. The highest BCUT2D eigenvalue weighted by atomic mass is 35.5. The lowest BCUT2D eigenvalue weighted by Crippen LogP contribution is -2.33. The summed E-state index contributed by atoms with van der Waals surface area (Å²) in [5, 5.41) is 24.7. The van der Waals surface area contributed by atoms with Crippen molar-refractivity contribution in [1.29, 1.82) is 0 Å². The lowest BCUT2D eigenvalue weighted by molar-refractivity contribution is 0.0603. The van der Waals surface area contributed by atoms with E-state index in [-0.39, 0.29) is 25.6 Å². The molecule has 2 atom stereocenters. The van der Waals surface area contributed by atoms with Crippen LogP contribution in [-0.2, 0) is 17.3 Å². The number of hydrogen-bond acceptors (Lipinski definition) is 7. The molecule has 0 saturated heterocycles. The zero-order chi connectivity index (χ0) is 27.2. The molecule has 10 heteroatoms. The summed E-state index contributed by atoms with van der Waals surface area (Å²) in [5.41, 5.74) is 3.39. The largest absolute Gasteiger partial charge is 0.487 e. The van der Waals surface area contributed by atoms with Gasteiger partial charge in [-0.15, -0.1) is 0 Å². The highest BCUT2D eigenvalue weighted by Crippen LogP contribution is 2.37. The topological polar surface area (TPSA) is 86.5 Å². The SMILES string of the molecule is OC[C@@H](O)COS1=C2C(=C(Nc3ccc(OCc4cccc(F)c4)c(Cl)c3)N=CN2Cc2ccccc2)C=C1. The predicted octanol–water partition coefficient (Wildman–Crippen LogP) is 5.44. The van der Waals surface area contributed by atoms with E-state index in [1.807, 2.05) is 52.8 Å². The number of nitrogens with zero attached hydrogens (tertiary/aromatic N) is 2. The Bertz CT molecular complexity index is 1460. The summed E-state index contributed by atoms with van der Waals surface area (Å²) in [6, 6.07) is 21.6. The van der Waals surface area contributed by atoms with Crippen molar-refractivity contribution in [3.05, 3.63) is 118 Å². The van der Waals surface area contributed by atoms with Crippen LogP contribution in [0.2, 0.25) is 5.02 Å². The summed E-state index contributed by atoms with van der Waals surface area (Å²) in [7, 11) is -0.750. The first-order chi connectivity index (χ1) is 19.0. The van der Waals surface area contributed by atoms with Crippen LogP contribution in [0.25, 0.3) is 0 Å². The standard InChI is InChI=1S/C29H27ClFN3O4S/c30-26-14-23(9-10-27(26)37-17-21-7-4-8-22(31)13-21)33-28-25-11-12-39(38-18-24(36)16-35)29(25)34(19-32-28)15-20-5-2-1-3-6-20/h1-14,19,24,33,35-36H,15-18H2/t24-,39?/m1/s1. The molecular formula is C29H27ClFN3O4S. The predicted molar refractivity (Wildman–Crippen MR) is 154 cm³/mol. The molecule has 3 aromatic rings. The lowest BCUT2D eigenvalue weighted by atomic mass is 10.1. The first-order valence-corrected chi connectivity index (χ1v) is 13.8. The number of benzene rings is 3. The highest BCUT2D eigenvalue weighted by Gasteiger charge is 2.27. The molecule has 0 aromatic heterocycles. The van der Waals surface area contributed by atoms with Crippen molar-refractivity contribution in [1.82, 2.24) is 4.90 Å². The Morgan fingerprint density at radius 3 is 2.64 bits per heavy atom. The molecule has 7 nitrogen and oxygen atoms in total. The van der Waals surface area contributed by atoms with Gasteiger partial charge in [-0.25, -0.2) is 9.38 Å². The van der Waals surface area contributed by atoms with Gasteiger partial charge in [0.15, 0.2) is 0 Å². The molecule has 0 amide bonds. The Morgan fingerprint density at radius 2 is 1.87 bits per heavy atom. The van der Waals surface area contributed by atoms with Crippen LogP contribution in [0.3, 0.4) is 0 Å². The van der Waals surface area contributed by atoms with Gasteiger partial charge >= 0.3 is 0 Å². The molecule has 0 fully saturated rings. The Hall–Kier alpha value is -3.47. The average Bonchev–Trinajstić information content (AvgIpc) is 3.38. The third-order valence-electron chi connectivity index (χ3n) is 5.89. The van der Waals surface area contributed by atoms with Gasteiger partial charge in [0.1, 0.15) is 35.1 Å². The third-order valence-corrected chi connectivity index (χ3v) is 7.80. The number of ether oxygens (including phenoxy) is 1. The van der Waals surface area contributed by atoms with Gasteiger partial charge in [0.2, 0.25) is 0 Å². The highest BCUT2D eigenvalue weighted by molar-refractivity contribution is 8.15. The van der Waals surface area contributed by atoms with Gasteiger partial charge in [-0.1, -0.05) is 54.1 Å². The van der Waals surface area contributed by atoms with Crippen LogP contribution in [-0.4, -0.2) is 45.8 Å². The van der Waals surface area contributed by atoms with Gasteiger partial charge in [0.25, 0.3) is 0 Å². The van der Waals surface area contributed by atoms with E-state index in [2.05, 4.69) is 10.3 Å². The van der Waals surface area contributed by atoms with E-state index in [1.54, 1.807) is 30.6 Å². The van der Waals surface area contributed by atoms with Crippen LogP contribution in [0.15, 0.2) is 101 Å². The smallest absolute Gasteiger partial charge is 0.142 e. The maximum absolute atomic E-state index is 13.4. The molecule has 39 heavy (non-hydrogen) atoms. The molecule has 3 N–H and O–H groups in total. The second-order valence-electron chi connectivity index (χ2n) is 8.84. The van der Waals surface area contributed by atoms with Crippen molar-refractivity contribution >= 4 is 39.4 Å². The quantitative estimate of drug-likeness (QED) is 0.268. The van der Waals surface area contributed by atoms with Crippen LogP contribution in [0.1, 0.15) is 11.1 Å². The molecule has 2 aliphatic heterocycles. The molecular weight excluding hydrogens is 541 g/mol. The summed E-state index contributed by atoms with van der Waals surface area (Å²) in [6.45, 7) is 0.421. The summed E-state index contributed by atoms with van der Waals surface area (Å²) >= 11 is 6.49. The number of fused-ring (bicyclic) bond motifs is 1. The monoisotopic (exact) mass is 567 g/mol. The molecule has 0 radical (unpaired) electrons. The molecule has 0 aliphatic carbocycles. The first-order valence-electron chi connectivity index (χ1n) is 12.2. The molecule has 0 saturated carbocycles. The van der Waals surface area contributed by atoms with E-state index in [1.165, 1.54) is 12.1 Å². The van der Waals surface area contributed by atoms with Crippen molar-refractivity contribution in [3.63, 3.8) is 0 Å². The third kappa shape index (κ3) is 6.76. The van der Waals surface area contributed by atoms with Gasteiger partial charge in [-0.2, -0.15) is 0 Å². The average molecular weight is 568 g/mol. The van der Waals surface area contributed by atoms with Gasteiger partial charge in [-0.05, 0) is 63.7 Å². The van der Waals surface area contributed by atoms with E-state index in [9.17, 15) is 14.6 Å². The Kier molecular flexibility index (Phi) is 8.75. The van der Waals surface area contributed by atoms with Crippen LogP contribution >= 0.6 is 22.4 Å². The molecule has 0 bridgehead atoms. The van der Waals surface area contributed by atoms with Crippen LogP contribution in [0.4, 0.5) is 10.1 Å². The zero-order valence-electron chi connectivity index (χ0n) is 20.8. The number of anilines is 1. The van der Waals surface area contributed by atoms with Crippen LogP contribution in [0.5, 0.6) is 5.75 Å². The Morgan fingerprint density at radius 1 is 1.05 bits per heavy atom. The number of rotatable bonds is 11. The summed E-state index contributed by atoms with van der Waals surface area (Å²) in [6.07, 6.45) is 2.74. The number of aliphatic hydroxyl groups is 2. The molecule has 0 spiro atoms. The number of hydrogen-bond donors (Lipinski definition) is 3. The second kappa shape index (κ2) is 12.6. The van der Waals surface area contributed by atoms with E-state index >= 15 is 0 Å². The van der Waals surface area contributed by atoms with Crippen molar-refractivity contribution in [2.45, 2.75) is 19.3 Å². The lowest BCUT2D eigenvalue weighted by Gasteiger charge is -2.28. The zero-order valence-corrected chi connectivity index (χ0v) is 22.4. The van der Waals surface area contributed by atoms with Crippen molar-refractivity contribution < 1.29 is 23.5 Å². The van der Waals surface area contributed by atoms with Crippen molar-refractivity contribution in [3.8, 4) is 5.75 Å². The number of aliphatic imine (C=N–C) groups is 1. The van der Waals surface area contributed by atoms with E-state index in [0.717, 1.165) is 16.1 Å². The fourth-order valence-corrected chi connectivity index (χ4v) is 5.83. The van der Waals surface area contributed by atoms with Crippen molar-refractivity contribution in [2.24, 2.45) is 4.99 Å². The van der Waals surface area contributed by atoms with Crippen molar-refractivity contribution in [2.75, 3.05) is 18.5 Å². The maximum Gasteiger partial charge on any atom is 0.142 e. The van der Waals surface area contributed by atoms with Crippen LogP contribution in [0, 0.1) is 5.82 Å². The summed E-state index contributed by atoms with van der Waals surface area (Å²) in [4.78, 5) is 7.61. The molecule has 2 heterocycles. The Balaban J connectivity index is 1.35. The maximum atomic E-state index is 13.4. The van der Waals surface area contributed by atoms with E-state index in [0.29, 0.717) is 34.4 Å². The number of halogens is 2. The van der Waals surface area contributed by atoms with Gasteiger partial charge < -0.3 is 29.3 Å². The fourth-order valence-electron chi connectivity index (χ4n) is 3.99. The summed E-state index contributed by atoms with van der Waals surface area (Å²) < 4.78 is 25.2. The summed E-state index contributed by atoms with van der Waals surface area (Å²) in [5.74, 6) is 0.786. The van der Waals surface area contributed by atoms with E-state index < -0.39 is 16.9 Å². The molecule has 2 aliphatic rings. The normalized spacial score (nSPS) is 17.0. The molecule has 202 valence electrons. The van der Waals surface area contributed by atoms with Gasteiger partial charge in [-0.3, -0.25) is 0 Å². The van der Waals surface area contributed by atoms with Crippen LogP contribution < -0.4 is 10.1 Å². The number of nitrogens with one attached hydrogen (secondary N) is 1. The number of aliphatic hydroxyl groups excluding tert-OH is 2.